The molecular weight excluding hydrogens is 394 g/mol. The van der Waals surface area contributed by atoms with Crippen LogP contribution in [0.2, 0.25) is 0 Å². The van der Waals surface area contributed by atoms with Crippen molar-refractivity contribution in [1.82, 2.24) is 9.78 Å². The first-order valence-corrected chi connectivity index (χ1v) is 9.22. The number of hydrogen-bond acceptors (Lipinski definition) is 6. The predicted octanol–water partition coefficient (Wildman–Crippen LogP) is 5.03. The third-order valence-corrected chi connectivity index (χ3v) is 4.09. The van der Waals surface area contributed by atoms with Crippen molar-refractivity contribution < 1.29 is 31.4 Å². The largest absolute Gasteiger partial charge is 0.456 e. The Morgan fingerprint density at radius 1 is 1.16 bits per heavy atom. The molecule has 3 rings (SSSR count). The van der Waals surface area contributed by atoms with E-state index in [-0.39, 0.29) is 12.2 Å². The molecule has 31 heavy (non-hydrogen) atoms. The minimum absolute atomic E-state index is 0.0240. The number of hydrogen-bond donors (Lipinski definition) is 0. The van der Waals surface area contributed by atoms with Crippen LogP contribution in [0, 0.1) is 6.92 Å². The van der Waals surface area contributed by atoms with E-state index in [2.05, 4.69) is 10.3 Å². The van der Waals surface area contributed by atoms with Crippen molar-refractivity contribution in [1.29, 1.82) is 0 Å². The number of nitrogens with zero attached hydrogens (tertiary/aromatic N) is 3. The Morgan fingerprint density at radius 2 is 1.87 bits per heavy atom. The van der Waals surface area contributed by atoms with Gasteiger partial charge in [0.1, 0.15) is 18.0 Å². The maximum Gasteiger partial charge on any atom is 0.338 e. The van der Waals surface area contributed by atoms with Gasteiger partial charge in [0.15, 0.2) is 0 Å². The Bertz CT molecular complexity index is 1310. The smallest absolute Gasteiger partial charge is 0.338 e. The molecule has 1 heterocycles. The third kappa shape index (κ3) is 6.18. The first-order valence-electron chi connectivity index (χ1n) is 13.7. The fourth-order valence-electron chi connectivity index (χ4n) is 2.66. The summed E-state index contributed by atoms with van der Waals surface area (Å²) in [7, 11) is 1.73. The topological polar surface area (TPSA) is 74.9 Å². The highest BCUT2D eigenvalue weighted by Crippen LogP contribution is 2.25. The van der Waals surface area contributed by atoms with E-state index in [0.29, 0.717) is 28.5 Å². The van der Waals surface area contributed by atoms with Gasteiger partial charge in [0.25, 0.3) is 0 Å². The van der Waals surface area contributed by atoms with Crippen LogP contribution in [0.1, 0.15) is 60.1 Å². The van der Waals surface area contributed by atoms with Crippen LogP contribution in [-0.2, 0) is 23.2 Å². The fourth-order valence-corrected chi connectivity index (χ4v) is 2.66. The Hall–Kier alpha value is -3.61. The minimum Gasteiger partial charge on any atom is -0.456 e. The van der Waals surface area contributed by atoms with Gasteiger partial charge in [-0.3, -0.25) is 0 Å². The molecule has 0 radical (unpaired) electrons. The predicted molar refractivity (Wildman–Crippen MR) is 118 cm³/mol. The van der Waals surface area contributed by atoms with Crippen LogP contribution >= 0.6 is 0 Å². The second-order valence-electron chi connectivity index (χ2n) is 6.62. The van der Waals surface area contributed by atoms with E-state index in [1.54, 1.807) is 30.8 Å². The average Bonchev–Trinajstić information content (AvgIpc) is 3.10. The molecule has 0 aliphatic carbocycles. The molecule has 0 saturated heterocycles. The van der Waals surface area contributed by atoms with Crippen molar-refractivity contribution in [3.05, 3.63) is 77.0 Å². The number of aromatic nitrogens is 2. The van der Waals surface area contributed by atoms with Gasteiger partial charge < -0.3 is 14.3 Å². The standard InChI is InChI=1S/C24H27N3O4/c1-17-21(22(27(5)26-17)30-20-9-7-6-8-10-20)15-25-29-16-18-11-13-19(14-12-18)23(28)31-24(2,3)4/h6-15H,16H2,1-5H3/b25-15+/i2D3,3D3,4D3. The van der Waals surface area contributed by atoms with Gasteiger partial charge in [0.2, 0.25) is 5.88 Å². The molecule has 0 N–H and O–H groups in total. The number of rotatable bonds is 7. The number of aryl methyl sites for hydroxylation is 2. The first kappa shape index (κ1) is 12.9. The summed E-state index contributed by atoms with van der Waals surface area (Å²) >= 11 is 0. The molecule has 0 unspecified atom stereocenters. The quantitative estimate of drug-likeness (QED) is 0.299. The summed E-state index contributed by atoms with van der Waals surface area (Å²) in [5.41, 5.74) is -2.15. The van der Waals surface area contributed by atoms with E-state index in [9.17, 15) is 4.79 Å². The molecule has 0 atom stereocenters. The lowest BCUT2D eigenvalue weighted by Gasteiger charge is -2.19. The first-order chi connectivity index (χ1) is 18.5. The summed E-state index contributed by atoms with van der Waals surface area (Å²) in [4.78, 5) is 18.0. The number of benzene rings is 2. The molecule has 2 aromatic carbocycles. The van der Waals surface area contributed by atoms with Crippen LogP contribution in [-0.4, -0.2) is 27.6 Å². The Kier molecular flexibility index (Phi) is 3.95. The number of ether oxygens (including phenoxy) is 2. The van der Waals surface area contributed by atoms with Crippen LogP contribution < -0.4 is 4.74 Å². The van der Waals surface area contributed by atoms with Crippen LogP contribution in [0.4, 0.5) is 0 Å². The summed E-state index contributed by atoms with van der Waals surface area (Å²) in [6.07, 6.45) is 1.45. The van der Waals surface area contributed by atoms with Gasteiger partial charge in [-0.25, -0.2) is 9.48 Å². The van der Waals surface area contributed by atoms with Crippen molar-refractivity contribution in [3.63, 3.8) is 0 Å². The zero-order valence-electron chi connectivity index (χ0n) is 26.0. The highest BCUT2D eigenvalue weighted by Gasteiger charge is 2.17. The Balaban J connectivity index is 1.70. The summed E-state index contributed by atoms with van der Waals surface area (Å²) in [5, 5.41) is 8.30. The van der Waals surface area contributed by atoms with Crippen molar-refractivity contribution in [2.45, 2.75) is 39.7 Å². The maximum absolute atomic E-state index is 12.7. The molecule has 162 valence electrons. The lowest BCUT2D eigenvalue weighted by molar-refractivity contribution is 0.00694. The second-order valence-corrected chi connectivity index (χ2v) is 6.62. The van der Waals surface area contributed by atoms with E-state index in [0.717, 1.165) is 0 Å². The molecule has 0 fully saturated rings. The SMILES string of the molecule is [2H]C([2H])([2H])C(OC(=O)c1ccc(CO/N=C/c2c(C)nn(C)c2Oc2ccccc2)cc1)(C([2H])([2H])[2H])C([2H])([2H])[2H]. The summed E-state index contributed by atoms with van der Waals surface area (Å²) < 4.78 is 80.4. The van der Waals surface area contributed by atoms with Crippen molar-refractivity contribution in [3.8, 4) is 11.6 Å². The van der Waals surface area contributed by atoms with Gasteiger partial charge >= 0.3 is 5.97 Å². The van der Waals surface area contributed by atoms with Gasteiger partial charge in [0, 0.05) is 19.4 Å². The lowest BCUT2D eigenvalue weighted by Crippen LogP contribution is -2.23. The molecule has 3 aromatic rings. The summed E-state index contributed by atoms with van der Waals surface area (Å²) in [6.45, 7) is -9.23. The Labute approximate surface area is 194 Å². The van der Waals surface area contributed by atoms with E-state index in [1.807, 2.05) is 18.2 Å². The minimum atomic E-state index is -3.71. The van der Waals surface area contributed by atoms with Gasteiger partial charge in [-0.1, -0.05) is 35.5 Å². The molecule has 0 amide bonds. The van der Waals surface area contributed by atoms with E-state index >= 15 is 0 Å². The zero-order valence-corrected chi connectivity index (χ0v) is 17.0. The number of para-hydroxylation sites is 1. The molecule has 7 nitrogen and oxygen atoms in total. The summed E-state index contributed by atoms with van der Waals surface area (Å²) in [6, 6.07) is 14.5. The Morgan fingerprint density at radius 3 is 2.55 bits per heavy atom. The number of esters is 1. The average molecular weight is 431 g/mol. The van der Waals surface area contributed by atoms with Crippen molar-refractivity contribution in [2.75, 3.05) is 0 Å². The van der Waals surface area contributed by atoms with Crippen LogP contribution in [0.25, 0.3) is 0 Å². The van der Waals surface area contributed by atoms with Crippen LogP contribution in [0.5, 0.6) is 11.6 Å². The van der Waals surface area contributed by atoms with Crippen LogP contribution in [0.3, 0.4) is 0 Å². The maximum atomic E-state index is 12.7. The normalized spacial score (nSPS) is 17.0. The van der Waals surface area contributed by atoms with Gasteiger partial charge in [-0.2, -0.15) is 5.10 Å². The molecule has 0 spiro atoms. The van der Waals surface area contributed by atoms with Crippen molar-refractivity contribution >= 4 is 12.2 Å². The number of carbonyl (C=O) groups excluding carboxylic acids is 1. The number of oxime groups is 1. The monoisotopic (exact) mass is 430 g/mol. The van der Waals surface area contributed by atoms with E-state index < -0.39 is 32.1 Å². The number of carbonyl (C=O) groups is 1. The van der Waals surface area contributed by atoms with Crippen LogP contribution in [0.15, 0.2) is 59.8 Å². The molecule has 0 bridgehead atoms. The van der Waals surface area contributed by atoms with E-state index in [1.165, 1.54) is 30.5 Å². The molecule has 0 aliphatic rings. The molecule has 0 aliphatic heterocycles. The lowest BCUT2D eigenvalue weighted by atomic mass is 10.1. The van der Waals surface area contributed by atoms with Gasteiger partial charge in [0.05, 0.1) is 23.0 Å². The molecular formula is C24H27N3O4. The van der Waals surface area contributed by atoms with Crippen molar-refractivity contribution in [2.24, 2.45) is 12.2 Å². The third-order valence-electron chi connectivity index (χ3n) is 4.09. The summed E-state index contributed by atoms with van der Waals surface area (Å²) in [5.74, 6) is -0.332. The van der Waals surface area contributed by atoms with E-state index in [4.69, 9.17) is 26.6 Å². The molecule has 1 aromatic heterocycles. The second kappa shape index (κ2) is 9.47. The zero-order chi connectivity index (χ0) is 29.9. The molecule has 0 saturated carbocycles. The van der Waals surface area contributed by atoms with Gasteiger partial charge in [-0.05, 0) is 57.3 Å². The highest BCUT2D eigenvalue weighted by molar-refractivity contribution is 5.89. The van der Waals surface area contributed by atoms with Gasteiger partial charge in [-0.15, -0.1) is 0 Å². The molecule has 7 heteroatoms. The fraction of sp³-hybridized carbons (Fsp3) is 0.292. The highest BCUT2D eigenvalue weighted by atomic mass is 16.6.